The number of ether oxygens (including phenoxy) is 4. The third-order valence-electron chi connectivity index (χ3n) is 4.15. The second-order valence-electron chi connectivity index (χ2n) is 7.47. The van der Waals surface area contributed by atoms with Crippen molar-refractivity contribution in [2.75, 3.05) is 67.7 Å². The summed E-state index contributed by atoms with van der Waals surface area (Å²) in [7, 11) is 7.97. The molecule has 0 fully saturated rings. The molecule has 2 rings (SSSR count). The van der Waals surface area contributed by atoms with Gasteiger partial charge in [-0.05, 0) is 52.5 Å². The van der Waals surface area contributed by atoms with Crippen LogP contribution in [0.3, 0.4) is 0 Å². The molecule has 0 aromatic heterocycles. The zero-order valence-corrected chi connectivity index (χ0v) is 18.4. The van der Waals surface area contributed by atoms with E-state index in [9.17, 15) is 5.11 Å². The van der Waals surface area contributed by atoms with Crippen LogP contribution in [0.15, 0.2) is 48.5 Å². The van der Waals surface area contributed by atoms with Gasteiger partial charge < -0.3 is 33.9 Å². The van der Waals surface area contributed by atoms with E-state index in [1.807, 2.05) is 86.5 Å². The fourth-order valence-electron chi connectivity index (χ4n) is 2.47. The van der Waals surface area contributed by atoms with Crippen molar-refractivity contribution >= 4 is 0 Å². The number of rotatable bonds is 14. The Morgan fingerprint density at radius 3 is 1.30 bits per heavy atom. The molecule has 2 aromatic rings. The number of hydrogen-bond donors (Lipinski definition) is 1. The number of para-hydroxylation sites is 4. The Kier molecular flexibility index (Phi) is 10.3. The molecule has 0 heterocycles. The molecule has 0 atom stereocenters. The van der Waals surface area contributed by atoms with E-state index in [2.05, 4.69) is 0 Å². The highest BCUT2D eigenvalue weighted by molar-refractivity contribution is 5.40. The van der Waals surface area contributed by atoms with Crippen LogP contribution >= 0.6 is 0 Å². The molecule has 7 nitrogen and oxygen atoms in total. The summed E-state index contributed by atoms with van der Waals surface area (Å²) in [4.78, 5) is 4.10. The first-order valence-electron chi connectivity index (χ1n) is 10.1. The van der Waals surface area contributed by atoms with E-state index in [4.69, 9.17) is 18.9 Å². The number of hydrogen-bond acceptors (Lipinski definition) is 7. The van der Waals surface area contributed by atoms with E-state index in [0.717, 1.165) is 13.1 Å². The molecular weight excluding hydrogens is 384 g/mol. The third-order valence-corrected chi connectivity index (χ3v) is 4.15. The summed E-state index contributed by atoms with van der Waals surface area (Å²) in [5.74, 6) is 2.52. The van der Waals surface area contributed by atoms with Crippen molar-refractivity contribution in [2.45, 2.75) is 6.10 Å². The molecule has 0 unspecified atom stereocenters. The third kappa shape index (κ3) is 8.90. The second kappa shape index (κ2) is 13.0. The number of likely N-dealkylation sites (N-methyl/N-ethyl adjacent to an activating group) is 2. The zero-order valence-electron chi connectivity index (χ0n) is 18.4. The number of nitrogens with zero attached hydrogens (tertiary/aromatic N) is 2. The molecule has 30 heavy (non-hydrogen) atoms. The van der Waals surface area contributed by atoms with E-state index >= 15 is 0 Å². The molecule has 0 bridgehead atoms. The predicted molar refractivity (Wildman–Crippen MR) is 118 cm³/mol. The van der Waals surface area contributed by atoms with E-state index < -0.39 is 6.10 Å². The summed E-state index contributed by atoms with van der Waals surface area (Å²) >= 11 is 0. The first-order valence-corrected chi connectivity index (χ1v) is 10.1. The van der Waals surface area contributed by atoms with Crippen molar-refractivity contribution in [1.82, 2.24) is 9.80 Å². The van der Waals surface area contributed by atoms with Crippen molar-refractivity contribution in [3.05, 3.63) is 48.5 Å². The first-order chi connectivity index (χ1) is 14.5. The summed E-state index contributed by atoms with van der Waals surface area (Å²) in [5.41, 5.74) is 0. The smallest absolute Gasteiger partial charge is 0.161 e. The molecule has 1 N–H and O–H groups in total. The Labute approximate surface area is 179 Å². The lowest BCUT2D eigenvalue weighted by Crippen LogP contribution is -2.25. The lowest BCUT2D eigenvalue weighted by atomic mass is 10.3. The molecular formula is C23H34N2O5. The van der Waals surface area contributed by atoms with Crippen LogP contribution in [0.4, 0.5) is 0 Å². The van der Waals surface area contributed by atoms with Crippen molar-refractivity contribution in [1.29, 1.82) is 0 Å². The highest BCUT2D eigenvalue weighted by atomic mass is 16.5. The van der Waals surface area contributed by atoms with Crippen LogP contribution in [-0.2, 0) is 0 Å². The van der Waals surface area contributed by atoms with E-state index in [0.29, 0.717) is 36.2 Å². The van der Waals surface area contributed by atoms with Gasteiger partial charge in [0.25, 0.3) is 0 Å². The minimum absolute atomic E-state index is 0.0949. The predicted octanol–water partition coefficient (Wildman–Crippen LogP) is 2.39. The maximum atomic E-state index is 10.3. The van der Waals surface area contributed by atoms with Crippen molar-refractivity contribution in [3.8, 4) is 23.0 Å². The van der Waals surface area contributed by atoms with Gasteiger partial charge in [0.15, 0.2) is 23.0 Å². The first kappa shape index (κ1) is 23.8. The van der Waals surface area contributed by atoms with Crippen LogP contribution in [0.5, 0.6) is 23.0 Å². The van der Waals surface area contributed by atoms with Gasteiger partial charge in [0.05, 0.1) is 0 Å². The summed E-state index contributed by atoms with van der Waals surface area (Å²) in [5, 5.41) is 10.3. The highest BCUT2D eigenvalue weighted by Gasteiger charge is 2.12. The van der Waals surface area contributed by atoms with Gasteiger partial charge in [0.2, 0.25) is 0 Å². The second-order valence-corrected chi connectivity index (χ2v) is 7.47. The Morgan fingerprint density at radius 1 is 0.633 bits per heavy atom. The minimum Gasteiger partial charge on any atom is -0.488 e. The van der Waals surface area contributed by atoms with Gasteiger partial charge in [-0.15, -0.1) is 0 Å². The molecule has 7 heteroatoms. The van der Waals surface area contributed by atoms with Crippen LogP contribution in [0.25, 0.3) is 0 Å². The Bertz CT molecular complexity index is 678. The lowest BCUT2D eigenvalue weighted by Gasteiger charge is -2.18. The normalized spacial score (nSPS) is 11.2. The van der Waals surface area contributed by atoms with Crippen molar-refractivity contribution in [3.63, 3.8) is 0 Å². The van der Waals surface area contributed by atoms with Gasteiger partial charge in [0.1, 0.15) is 32.5 Å². The van der Waals surface area contributed by atoms with Crippen molar-refractivity contribution < 1.29 is 24.1 Å². The fraction of sp³-hybridized carbons (Fsp3) is 0.478. The number of aliphatic hydroxyl groups is 1. The Balaban J connectivity index is 1.81. The van der Waals surface area contributed by atoms with Gasteiger partial charge in [-0.2, -0.15) is 0 Å². The summed E-state index contributed by atoms with van der Waals surface area (Å²) in [6.45, 7) is 2.92. The van der Waals surface area contributed by atoms with Crippen LogP contribution in [0.1, 0.15) is 0 Å². The van der Waals surface area contributed by atoms with Crippen LogP contribution in [0, 0.1) is 0 Å². The van der Waals surface area contributed by atoms with Crippen LogP contribution < -0.4 is 18.9 Å². The lowest BCUT2D eigenvalue weighted by molar-refractivity contribution is 0.0599. The Hall–Kier alpha value is -2.48. The average Bonchev–Trinajstić information content (AvgIpc) is 2.72. The molecule has 0 saturated heterocycles. The monoisotopic (exact) mass is 418 g/mol. The summed E-state index contributed by atoms with van der Waals surface area (Å²) in [6, 6.07) is 14.9. The quantitative estimate of drug-likeness (QED) is 0.505. The fourth-order valence-corrected chi connectivity index (χ4v) is 2.47. The average molecular weight is 419 g/mol. The minimum atomic E-state index is -0.797. The molecule has 2 aromatic carbocycles. The Morgan fingerprint density at radius 2 is 0.967 bits per heavy atom. The van der Waals surface area contributed by atoms with Gasteiger partial charge in [-0.1, -0.05) is 24.3 Å². The molecule has 0 spiro atoms. The van der Waals surface area contributed by atoms with Crippen LogP contribution in [0.2, 0.25) is 0 Å². The van der Waals surface area contributed by atoms with E-state index in [1.165, 1.54) is 0 Å². The van der Waals surface area contributed by atoms with E-state index in [1.54, 1.807) is 0 Å². The molecule has 0 saturated carbocycles. The summed E-state index contributed by atoms with van der Waals surface area (Å²) in [6.07, 6.45) is -0.797. The maximum Gasteiger partial charge on any atom is 0.161 e. The summed E-state index contributed by atoms with van der Waals surface area (Å²) < 4.78 is 23.1. The standard InChI is InChI=1S/C23H34N2O5/c1-24(2)13-15-27-20-9-5-7-11-22(20)29-17-19(26)18-30-23-12-8-6-10-21(23)28-16-14-25(3)4/h5-12,19,26H,13-18H2,1-4H3. The molecule has 0 amide bonds. The molecule has 166 valence electrons. The van der Waals surface area contributed by atoms with Gasteiger partial charge in [0, 0.05) is 13.1 Å². The van der Waals surface area contributed by atoms with Crippen LogP contribution in [-0.4, -0.2) is 88.7 Å². The van der Waals surface area contributed by atoms with E-state index in [-0.39, 0.29) is 13.2 Å². The topological polar surface area (TPSA) is 63.6 Å². The van der Waals surface area contributed by atoms with Gasteiger partial charge >= 0.3 is 0 Å². The maximum absolute atomic E-state index is 10.3. The largest absolute Gasteiger partial charge is 0.488 e. The van der Waals surface area contributed by atoms with Gasteiger partial charge in [-0.25, -0.2) is 0 Å². The molecule has 0 aliphatic rings. The van der Waals surface area contributed by atoms with Crippen molar-refractivity contribution in [2.24, 2.45) is 0 Å². The number of benzene rings is 2. The molecule has 0 aliphatic carbocycles. The number of aliphatic hydroxyl groups excluding tert-OH is 1. The highest BCUT2D eigenvalue weighted by Crippen LogP contribution is 2.28. The molecule has 0 aliphatic heterocycles. The molecule has 0 radical (unpaired) electrons. The SMILES string of the molecule is CN(C)CCOc1ccccc1OCC(O)COc1ccccc1OCCN(C)C. The zero-order chi connectivity index (χ0) is 21.8. The van der Waals surface area contributed by atoms with Gasteiger partial charge in [-0.3, -0.25) is 0 Å².